The first-order valence-electron chi connectivity index (χ1n) is 11.0. The van der Waals surface area contributed by atoms with Crippen molar-refractivity contribution in [3.8, 4) is 0 Å². The second-order valence-corrected chi connectivity index (χ2v) is 8.22. The van der Waals surface area contributed by atoms with Crippen LogP contribution in [0.2, 0.25) is 0 Å². The molecule has 0 N–H and O–H groups in total. The second kappa shape index (κ2) is 12.6. The lowest BCUT2D eigenvalue weighted by atomic mass is 10.0. The minimum absolute atomic E-state index is 0.229. The van der Waals surface area contributed by atoms with Crippen molar-refractivity contribution in [2.24, 2.45) is 9.98 Å². The third kappa shape index (κ3) is 7.65. The van der Waals surface area contributed by atoms with Gasteiger partial charge >= 0.3 is 0 Å². The molecule has 0 spiro atoms. The van der Waals surface area contributed by atoms with Crippen LogP contribution in [0.15, 0.2) is 46.1 Å². The SMILES string of the molecule is C=N/C(=C\C/C(=N\CN1CCCCC1C)c1ccc(F)cc1)N(CC)CCN(C)C. The van der Waals surface area contributed by atoms with Crippen LogP contribution in [-0.2, 0) is 0 Å². The van der Waals surface area contributed by atoms with Gasteiger partial charge in [-0.15, -0.1) is 0 Å². The maximum absolute atomic E-state index is 13.5. The molecular weight excluding hydrogens is 377 g/mol. The first-order chi connectivity index (χ1) is 14.4. The number of piperidine rings is 1. The number of hydrogen-bond donors (Lipinski definition) is 0. The summed E-state index contributed by atoms with van der Waals surface area (Å²) in [7, 11) is 4.14. The van der Waals surface area contributed by atoms with Crippen LogP contribution in [0.5, 0.6) is 0 Å². The monoisotopic (exact) mass is 415 g/mol. The Morgan fingerprint density at radius 3 is 2.57 bits per heavy atom. The van der Waals surface area contributed by atoms with Crippen LogP contribution in [0.25, 0.3) is 0 Å². The number of aliphatic imine (C=N–C) groups is 2. The molecule has 5 nitrogen and oxygen atoms in total. The summed E-state index contributed by atoms with van der Waals surface area (Å²) in [6, 6.07) is 7.18. The normalized spacial score (nSPS) is 18.7. The van der Waals surface area contributed by atoms with Crippen LogP contribution in [0, 0.1) is 5.82 Å². The lowest BCUT2D eigenvalue weighted by Crippen LogP contribution is -2.37. The molecule has 6 heteroatoms. The number of halogens is 1. The van der Waals surface area contributed by atoms with E-state index in [4.69, 9.17) is 4.99 Å². The number of likely N-dealkylation sites (N-methyl/N-ethyl adjacent to an activating group) is 2. The highest BCUT2D eigenvalue weighted by Crippen LogP contribution is 2.17. The van der Waals surface area contributed by atoms with E-state index in [9.17, 15) is 4.39 Å². The third-order valence-corrected chi connectivity index (χ3v) is 5.72. The minimum atomic E-state index is -0.229. The summed E-state index contributed by atoms with van der Waals surface area (Å²) in [5.41, 5.74) is 1.91. The molecule has 1 fully saturated rings. The van der Waals surface area contributed by atoms with Crippen LogP contribution < -0.4 is 0 Å². The van der Waals surface area contributed by atoms with E-state index < -0.39 is 0 Å². The summed E-state index contributed by atoms with van der Waals surface area (Å²) >= 11 is 0. The van der Waals surface area contributed by atoms with E-state index in [-0.39, 0.29) is 5.82 Å². The molecule has 166 valence electrons. The average Bonchev–Trinajstić information content (AvgIpc) is 2.74. The van der Waals surface area contributed by atoms with E-state index in [0.717, 1.165) is 43.3 Å². The van der Waals surface area contributed by atoms with Crippen molar-refractivity contribution in [1.29, 1.82) is 0 Å². The zero-order chi connectivity index (χ0) is 21.9. The highest BCUT2D eigenvalue weighted by Gasteiger charge is 2.17. The van der Waals surface area contributed by atoms with Crippen molar-refractivity contribution in [3.63, 3.8) is 0 Å². The molecule has 30 heavy (non-hydrogen) atoms. The van der Waals surface area contributed by atoms with Gasteiger partial charge < -0.3 is 9.80 Å². The van der Waals surface area contributed by atoms with E-state index in [1.807, 2.05) is 12.1 Å². The maximum atomic E-state index is 13.5. The fourth-order valence-corrected chi connectivity index (χ4v) is 3.70. The fourth-order valence-electron chi connectivity index (χ4n) is 3.70. The molecule has 2 rings (SSSR count). The highest BCUT2D eigenvalue weighted by molar-refractivity contribution is 6.01. The van der Waals surface area contributed by atoms with Crippen molar-refractivity contribution in [3.05, 3.63) is 47.5 Å². The molecule has 1 unspecified atom stereocenters. The Balaban J connectivity index is 2.20. The molecule has 1 atom stereocenters. The molecule has 1 aliphatic rings. The van der Waals surface area contributed by atoms with Crippen LogP contribution in [-0.4, -0.2) is 80.1 Å². The van der Waals surface area contributed by atoms with Crippen molar-refractivity contribution in [2.75, 3.05) is 46.9 Å². The van der Waals surface area contributed by atoms with E-state index in [1.54, 1.807) is 0 Å². The molecule has 0 bridgehead atoms. The van der Waals surface area contributed by atoms with Crippen molar-refractivity contribution < 1.29 is 4.39 Å². The number of hydrogen-bond acceptors (Lipinski definition) is 5. The molecule has 1 aromatic carbocycles. The topological polar surface area (TPSA) is 34.4 Å². The molecule has 0 amide bonds. The molecule has 1 aromatic rings. The number of likely N-dealkylation sites (tertiary alicyclic amines) is 1. The first-order valence-corrected chi connectivity index (χ1v) is 11.0. The minimum Gasteiger partial charge on any atom is -0.356 e. The van der Waals surface area contributed by atoms with Gasteiger partial charge in [-0.3, -0.25) is 9.89 Å². The first kappa shape index (κ1) is 24.2. The van der Waals surface area contributed by atoms with Gasteiger partial charge in [-0.2, -0.15) is 0 Å². The number of nitrogens with zero attached hydrogens (tertiary/aromatic N) is 5. The molecule has 0 radical (unpaired) electrons. The second-order valence-electron chi connectivity index (χ2n) is 8.22. The molecular formula is C24H38FN5. The molecule has 1 saturated heterocycles. The van der Waals surface area contributed by atoms with Crippen molar-refractivity contribution >= 4 is 12.4 Å². The standard InChI is InChI=1S/C24H38FN5/c1-6-29(18-17-28(4)5)24(26-3)15-14-23(21-10-12-22(25)13-11-21)27-19-30-16-8-7-9-20(30)2/h10-13,15,20H,3,6-9,14,16-19H2,1-2,4-5H3/b24-15+,27-23+. The Morgan fingerprint density at radius 2 is 1.97 bits per heavy atom. The van der Waals surface area contributed by atoms with E-state index in [0.29, 0.717) is 19.1 Å². The Labute approximate surface area is 182 Å². The molecule has 0 aromatic heterocycles. The van der Waals surface area contributed by atoms with Gasteiger partial charge in [0, 0.05) is 44.4 Å². The predicted molar refractivity (Wildman–Crippen MR) is 126 cm³/mol. The lowest BCUT2D eigenvalue weighted by molar-refractivity contribution is 0.166. The van der Waals surface area contributed by atoms with Gasteiger partial charge in [-0.1, -0.05) is 18.6 Å². The van der Waals surface area contributed by atoms with Crippen LogP contribution in [0.3, 0.4) is 0 Å². The fraction of sp³-hybridized carbons (Fsp3) is 0.583. The summed E-state index contributed by atoms with van der Waals surface area (Å²) in [6.45, 7) is 12.7. The third-order valence-electron chi connectivity index (χ3n) is 5.72. The van der Waals surface area contributed by atoms with Gasteiger partial charge in [-0.05, 0) is 71.3 Å². The zero-order valence-electron chi connectivity index (χ0n) is 19.1. The lowest BCUT2D eigenvalue weighted by Gasteiger charge is -2.32. The average molecular weight is 416 g/mol. The molecule has 0 saturated carbocycles. The van der Waals surface area contributed by atoms with Crippen LogP contribution in [0.1, 0.15) is 45.1 Å². The summed E-state index contributed by atoms with van der Waals surface area (Å²) < 4.78 is 13.5. The highest BCUT2D eigenvalue weighted by atomic mass is 19.1. The zero-order valence-corrected chi connectivity index (χ0v) is 19.1. The molecule has 1 heterocycles. The Hall–Kier alpha value is -2.05. The maximum Gasteiger partial charge on any atom is 0.124 e. The summed E-state index contributed by atoms with van der Waals surface area (Å²) in [5, 5.41) is 0. The molecule has 1 aliphatic heterocycles. The van der Waals surface area contributed by atoms with E-state index in [2.05, 4.69) is 60.4 Å². The smallest absolute Gasteiger partial charge is 0.124 e. The van der Waals surface area contributed by atoms with E-state index >= 15 is 0 Å². The summed E-state index contributed by atoms with van der Waals surface area (Å²) in [5.74, 6) is 0.646. The summed E-state index contributed by atoms with van der Waals surface area (Å²) in [6.07, 6.45) is 6.48. The Kier molecular flexibility index (Phi) is 10.2. The van der Waals surface area contributed by atoms with Gasteiger partial charge in [-0.25, -0.2) is 9.38 Å². The largest absolute Gasteiger partial charge is 0.356 e. The Bertz CT molecular complexity index is 711. The Morgan fingerprint density at radius 1 is 1.23 bits per heavy atom. The van der Waals surface area contributed by atoms with Gasteiger partial charge in [0.2, 0.25) is 0 Å². The quantitative estimate of drug-likeness (QED) is 0.507. The van der Waals surface area contributed by atoms with Crippen LogP contribution in [0.4, 0.5) is 4.39 Å². The van der Waals surface area contributed by atoms with Crippen molar-refractivity contribution in [1.82, 2.24) is 14.7 Å². The number of allylic oxidation sites excluding steroid dienone is 1. The predicted octanol–water partition coefficient (Wildman–Crippen LogP) is 4.26. The number of rotatable bonds is 11. The summed E-state index contributed by atoms with van der Waals surface area (Å²) in [4.78, 5) is 16.0. The van der Waals surface area contributed by atoms with Crippen LogP contribution >= 0.6 is 0 Å². The van der Waals surface area contributed by atoms with Gasteiger partial charge in [0.1, 0.15) is 11.6 Å². The van der Waals surface area contributed by atoms with Crippen molar-refractivity contribution in [2.45, 2.75) is 45.6 Å². The number of benzene rings is 1. The van der Waals surface area contributed by atoms with Gasteiger partial charge in [0.05, 0.1) is 6.67 Å². The van der Waals surface area contributed by atoms with E-state index in [1.165, 1.54) is 31.4 Å². The van der Waals surface area contributed by atoms with Gasteiger partial charge in [0.15, 0.2) is 0 Å². The molecule has 0 aliphatic carbocycles. The van der Waals surface area contributed by atoms with Gasteiger partial charge in [0.25, 0.3) is 0 Å².